The quantitative estimate of drug-likeness (QED) is 0.751. The number of aromatic nitrogens is 4. The molecule has 1 fully saturated rings. The Morgan fingerprint density at radius 2 is 2.07 bits per heavy atom. The van der Waals surface area contributed by atoms with E-state index in [1.807, 2.05) is 23.7 Å². The molecule has 1 atom stereocenters. The Balaban J connectivity index is 1.91. The maximum atomic E-state index is 12.5. The van der Waals surface area contributed by atoms with Gasteiger partial charge >= 0.3 is 0 Å². The van der Waals surface area contributed by atoms with E-state index in [-0.39, 0.29) is 5.92 Å². The van der Waals surface area contributed by atoms with Gasteiger partial charge in [-0.25, -0.2) is 9.97 Å². The Labute approximate surface area is 161 Å². The molecule has 1 aliphatic heterocycles. The maximum absolute atomic E-state index is 12.5. The zero-order chi connectivity index (χ0) is 19.6. The van der Waals surface area contributed by atoms with Crippen molar-refractivity contribution in [2.24, 2.45) is 0 Å². The van der Waals surface area contributed by atoms with Gasteiger partial charge in [0.25, 0.3) is 10.2 Å². The van der Waals surface area contributed by atoms with E-state index in [4.69, 9.17) is 4.98 Å². The predicted octanol–water partition coefficient (Wildman–Crippen LogP) is 2.04. The maximum Gasteiger partial charge on any atom is 0.281 e. The molecule has 3 heterocycles. The van der Waals surface area contributed by atoms with Crippen molar-refractivity contribution in [2.75, 3.05) is 27.2 Å². The van der Waals surface area contributed by atoms with E-state index in [9.17, 15) is 8.42 Å². The fourth-order valence-corrected chi connectivity index (χ4v) is 4.63. The second-order valence-corrected chi connectivity index (χ2v) is 9.32. The lowest BCUT2D eigenvalue weighted by Gasteiger charge is -2.32. The molecule has 0 aromatic carbocycles. The molecule has 0 radical (unpaired) electrons. The van der Waals surface area contributed by atoms with Crippen molar-refractivity contribution in [2.45, 2.75) is 45.6 Å². The Morgan fingerprint density at radius 1 is 1.30 bits per heavy atom. The van der Waals surface area contributed by atoms with Gasteiger partial charge in [-0.15, -0.1) is 0 Å². The van der Waals surface area contributed by atoms with Crippen LogP contribution in [0.2, 0.25) is 0 Å². The molecule has 0 amide bonds. The van der Waals surface area contributed by atoms with Crippen molar-refractivity contribution in [1.82, 2.24) is 28.4 Å². The minimum absolute atomic E-state index is 0.00493. The number of hydrogen-bond donors (Lipinski definition) is 0. The fraction of sp³-hybridized carbons (Fsp3) is 0.611. The van der Waals surface area contributed by atoms with Crippen LogP contribution in [-0.2, 0) is 16.8 Å². The molecule has 0 saturated carbocycles. The minimum Gasteiger partial charge on any atom is -0.263 e. The van der Waals surface area contributed by atoms with E-state index in [0.29, 0.717) is 18.9 Å². The van der Waals surface area contributed by atoms with Crippen LogP contribution < -0.4 is 0 Å². The molecule has 0 aliphatic carbocycles. The van der Waals surface area contributed by atoms with Crippen molar-refractivity contribution < 1.29 is 8.42 Å². The van der Waals surface area contributed by atoms with Gasteiger partial charge in [0.05, 0.1) is 11.4 Å². The number of hydrogen-bond acceptors (Lipinski definition) is 5. The fourth-order valence-electron chi connectivity index (χ4n) is 3.44. The van der Waals surface area contributed by atoms with Gasteiger partial charge in [-0.1, -0.05) is 6.92 Å². The predicted molar refractivity (Wildman–Crippen MR) is 104 cm³/mol. The standard InChI is InChI=1S/C18H28N6O2S/c1-5-10-24-17(8-9-19-24)16-12-14(2)20-18(21-16)15-7-6-11-23(13-15)27(25,26)22(3)4/h8-9,12,15H,5-7,10-11,13H2,1-4H3/t15-/m0/s1. The third kappa shape index (κ3) is 4.20. The highest BCUT2D eigenvalue weighted by Gasteiger charge is 2.32. The summed E-state index contributed by atoms with van der Waals surface area (Å²) in [5, 5.41) is 4.38. The summed E-state index contributed by atoms with van der Waals surface area (Å²) >= 11 is 0. The molecule has 148 valence electrons. The van der Waals surface area contributed by atoms with E-state index >= 15 is 0 Å². The molecular weight excluding hydrogens is 364 g/mol. The van der Waals surface area contributed by atoms with Gasteiger partial charge in [-0.2, -0.15) is 22.1 Å². The van der Waals surface area contributed by atoms with Crippen LogP contribution in [0.4, 0.5) is 0 Å². The molecule has 27 heavy (non-hydrogen) atoms. The molecule has 1 saturated heterocycles. The largest absolute Gasteiger partial charge is 0.281 e. The summed E-state index contributed by atoms with van der Waals surface area (Å²) in [6.45, 7) is 5.85. The van der Waals surface area contributed by atoms with Crippen LogP contribution in [0.15, 0.2) is 18.3 Å². The van der Waals surface area contributed by atoms with Crippen LogP contribution in [0.3, 0.4) is 0 Å². The van der Waals surface area contributed by atoms with Crippen molar-refractivity contribution in [3.8, 4) is 11.4 Å². The summed E-state index contributed by atoms with van der Waals surface area (Å²) in [6.07, 6.45) is 4.47. The molecule has 3 rings (SSSR count). The van der Waals surface area contributed by atoms with Crippen molar-refractivity contribution in [3.05, 3.63) is 29.8 Å². The molecule has 9 heteroatoms. The van der Waals surface area contributed by atoms with Crippen molar-refractivity contribution in [3.63, 3.8) is 0 Å². The second-order valence-electron chi connectivity index (χ2n) is 7.18. The molecule has 0 bridgehead atoms. The van der Waals surface area contributed by atoms with Crippen LogP contribution in [0, 0.1) is 6.92 Å². The zero-order valence-electron chi connectivity index (χ0n) is 16.5. The molecule has 0 unspecified atom stereocenters. The van der Waals surface area contributed by atoms with Gasteiger partial charge in [-0.3, -0.25) is 4.68 Å². The van der Waals surface area contributed by atoms with Crippen molar-refractivity contribution in [1.29, 1.82) is 0 Å². The Kier molecular flexibility index (Phi) is 5.92. The summed E-state index contributed by atoms with van der Waals surface area (Å²) in [4.78, 5) is 9.43. The smallest absolute Gasteiger partial charge is 0.263 e. The Bertz CT molecular complexity index is 893. The Hall–Kier alpha value is -1.84. The monoisotopic (exact) mass is 392 g/mol. The SMILES string of the molecule is CCCn1nccc1-c1cc(C)nc([C@H]2CCCN(S(=O)(=O)N(C)C)C2)n1. The highest BCUT2D eigenvalue weighted by Crippen LogP contribution is 2.28. The van der Waals surface area contributed by atoms with Crippen LogP contribution in [-0.4, -0.2) is 64.0 Å². The Morgan fingerprint density at radius 3 is 2.78 bits per heavy atom. The molecular formula is C18H28N6O2S. The summed E-state index contributed by atoms with van der Waals surface area (Å²) in [5.74, 6) is 0.711. The minimum atomic E-state index is -3.42. The molecule has 0 spiro atoms. The molecule has 2 aromatic heterocycles. The molecule has 0 N–H and O–H groups in total. The average Bonchev–Trinajstić information content (AvgIpc) is 3.10. The summed E-state index contributed by atoms with van der Waals surface area (Å²) in [5.41, 5.74) is 2.69. The highest BCUT2D eigenvalue weighted by atomic mass is 32.2. The molecule has 8 nitrogen and oxygen atoms in total. The van der Waals surface area contributed by atoms with Gasteiger partial charge in [0.2, 0.25) is 0 Å². The number of rotatable bonds is 6. The number of aryl methyl sites for hydroxylation is 2. The van der Waals surface area contributed by atoms with Gasteiger partial charge in [0, 0.05) is 51.5 Å². The molecule has 2 aromatic rings. The van der Waals surface area contributed by atoms with Gasteiger partial charge in [0.1, 0.15) is 5.82 Å². The van der Waals surface area contributed by atoms with Crippen LogP contribution in [0.5, 0.6) is 0 Å². The van der Waals surface area contributed by atoms with E-state index in [1.54, 1.807) is 20.3 Å². The van der Waals surface area contributed by atoms with Crippen molar-refractivity contribution >= 4 is 10.2 Å². The van der Waals surface area contributed by atoms with E-state index in [0.717, 1.165) is 42.9 Å². The number of nitrogens with zero attached hydrogens (tertiary/aromatic N) is 6. The second kappa shape index (κ2) is 8.04. The first-order valence-electron chi connectivity index (χ1n) is 9.38. The lowest BCUT2D eigenvalue weighted by Crippen LogP contribution is -2.45. The zero-order valence-corrected chi connectivity index (χ0v) is 17.3. The van der Waals surface area contributed by atoms with Crippen LogP contribution in [0.25, 0.3) is 11.4 Å². The first kappa shape index (κ1) is 19.9. The van der Waals surface area contributed by atoms with E-state index in [2.05, 4.69) is 17.0 Å². The van der Waals surface area contributed by atoms with E-state index in [1.165, 1.54) is 8.61 Å². The van der Waals surface area contributed by atoms with Gasteiger partial charge in [0.15, 0.2) is 0 Å². The van der Waals surface area contributed by atoms with Gasteiger partial charge in [-0.05, 0) is 38.3 Å². The summed E-state index contributed by atoms with van der Waals surface area (Å²) in [6, 6.07) is 3.93. The third-order valence-corrected chi connectivity index (χ3v) is 6.73. The third-order valence-electron chi connectivity index (χ3n) is 4.82. The van der Waals surface area contributed by atoms with Crippen LogP contribution in [0.1, 0.15) is 43.6 Å². The average molecular weight is 393 g/mol. The lowest BCUT2D eigenvalue weighted by molar-refractivity contribution is 0.293. The molecule has 1 aliphatic rings. The normalized spacial score (nSPS) is 18.9. The topological polar surface area (TPSA) is 84.2 Å². The summed E-state index contributed by atoms with van der Waals surface area (Å²) < 4.78 is 29.8. The first-order chi connectivity index (χ1) is 12.8. The lowest BCUT2D eigenvalue weighted by atomic mass is 9.98. The first-order valence-corrected chi connectivity index (χ1v) is 10.8. The highest BCUT2D eigenvalue weighted by molar-refractivity contribution is 7.86. The van der Waals surface area contributed by atoms with Crippen LogP contribution >= 0.6 is 0 Å². The van der Waals surface area contributed by atoms with Gasteiger partial charge < -0.3 is 0 Å². The number of piperidine rings is 1. The van der Waals surface area contributed by atoms with E-state index < -0.39 is 10.2 Å². The summed E-state index contributed by atoms with van der Waals surface area (Å²) in [7, 11) is -0.292.